The quantitative estimate of drug-likeness (QED) is 0.769. The Bertz CT molecular complexity index is 278. The van der Waals surface area contributed by atoms with Crippen molar-refractivity contribution in [1.82, 2.24) is 0 Å². The molecule has 0 aromatic heterocycles. The van der Waals surface area contributed by atoms with Crippen molar-refractivity contribution in [3.8, 4) is 0 Å². The van der Waals surface area contributed by atoms with Crippen molar-refractivity contribution in [2.75, 3.05) is 19.1 Å². The fourth-order valence-corrected chi connectivity index (χ4v) is 2.98. The van der Waals surface area contributed by atoms with Crippen LogP contribution in [-0.4, -0.2) is 29.6 Å². The lowest BCUT2D eigenvalue weighted by Crippen LogP contribution is -2.27. The van der Waals surface area contributed by atoms with Crippen molar-refractivity contribution in [2.24, 2.45) is 11.8 Å². The first-order chi connectivity index (χ1) is 7.67. The van der Waals surface area contributed by atoms with Gasteiger partial charge in [0.15, 0.2) is 0 Å². The first-order valence-electron chi connectivity index (χ1n) is 6.56. The van der Waals surface area contributed by atoms with Crippen molar-refractivity contribution in [3.05, 3.63) is 0 Å². The van der Waals surface area contributed by atoms with Gasteiger partial charge in [0, 0.05) is 17.6 Å². The molecule has 0 radical (unpaired) electrons. The highest BCUT2D eigenvalue weighted by Gasteiger charge is 2.35. The number of Topliss-reactive ketones (excluding diaryl/α,β-unsaturated/α-hetero) is 1. The Morgan fingerprint density at radius 2 is 1.76 bits per heavy atom. The van der Waals surface area contributed by atoms with Crippen LogP contribution in [0.25, 0.3) is 0 Å². The predicted molar refractivity (Wildman–Crippen MR) is 76.7 cm³/mol. The van der Waals surface area contributed by atoms with E-state index in [-0.39, 0.29) is 4.75 Å². The molecule has 17 heavy (non-hydrogen) atoms. The number of rotatable bonds is 4. The second-order valence-corrected chi connectivity index (χ2v) is 10.4. The van der Waals surface area contributed by atoms with Gasteiger partial charge in [0.1, 0.15) is 5.78 Å². The van der Waals surface area contributed by atoms with E-state index in [4.69, 9.17) is 4.18 Å². The lowest BCUT2D eigenvalue weighted by molar-refractivity contribution is -0.117. The van der Waals surface area contributed by atoms with E-state index in [0.29, 0.717) is 17.6 Å². The summed E-state index contributed by atoms with van der Waals surface area (Å²) >= 11 is 0. The van der Waals surface area contributed by atoms with Crippen molar-refractivity contribution < 1.29 is 8.98 Å². The Balaban J connectivity index is 2.53. The molecule has 3 heteroatoms. The Kier molecular flexibility index (Phi) is 4.70. The molecule has 0 saturated heterocycles. The first kappa shape index (κ1) is 15.0. The van der Waals surface area contributed by atoms with Gasteiger partial charge in [-0.1, -0.05) is 34.1 Å². The van der Waals surface area contributed by atoms with Crippen molar-refractivity contribution in [1.29, 1.82) is 0 Å². The van der Waals surface area contributed by atoms with E-state index in [0.717, 1.165) is 25.9 Å². The van der Waals surface area contributed by atoms with E-state index in [2.05, 4.69) is 40.2 Å². The van der Waals surface area contributed by atoms with E-state index in [1.54, 1.807) is 0 Å². The van der Waals surface area contributed by atoms with Crippen molar-refractivity contribution in [2.45, 2.75) is 51.7 Å². The van der Waals surface area contributed by atoms with Gasteiger partial charge in [-0.3, -0.25) is 4.79 Å². The number of carbonyl (C=O) groups excluding carboxylic acids is 1. The third kappa shape index (κ3) is 3.72. The SMILES string of the molecule is CC[C@@H]1CC(=O)C[C@@H]1COS(C)(C)C(C)(C)C. The molecule has 2 atom stereocenters. The zero-order valence-electron chi connectivity index (χ0n) is 12.2. The van der Waals surface area contributed by atoms with Gasteiger partial charge < -0.3 is 4.18 Å². The molecular weight excluding hydrogens is 232 g/mol. The highest BCUT2D eigenvalue weighted by Crippen LogP contribution is 2.54. The third-order valence-electron chi connectivity index (χ3n) is 4.22. The summed E-state index contributed by atoms with van der Waals surface area (Å²) in [5.41, 5.74) is 0. The smallest absolute Gasteiger partial charge is 0.133 e. The molecule has 0 amide bonds. The predicted octanol–water partition coefficient (Wildman–Crippen LogP) is 3.79. The summed E-state index contributed by atoms with van der Waals surface area (Å²) in [4.78, 5) is 11.5. The van der Waals surface area contributed by atoms with E-state index in [1.165, 1.54) is 0 Å². The number of carbonyl (C=O) groups is 1. The Morgan fingerprint density at radius 3 is 2.24 bits per heavy atom. The number of hydrogen-bond acceptors (Lipinski definition) is 2. The molecule has 0 aromatic carbocycles. The second-order valence-electron chi connectivity index (χ2n) is 6.51. The molecule has 2 nitrogen and oxygen atoms in total. The summed E-state index contributed by atoms with van der Waals surface area (Å²) < 4.78 is 6.40. The van der Waals surface area contributed by atoms with Crippen molar-refractivity contribution in [3.63, 3.8) is 0 Å². The van der Waals surface area contributed by atoms with Gasteiger partial charge in [0.25, 0.3) is 0 Å². The lowest BCUT2D eigenvalue weighted by Gasteiger charge is -2.44. The Hall–Kier alpha value is -0.0200. The van der Waals surface area contributed by atoms with Crippen LogP contribution in [0.15, 0.2) is 0 Å². The minimum Gasteiger partial charge on any atom is -0.336 e. The molecule has 0 bridgehead atoms. The molecule has 1 fully saturated rings. The standard InChI is InChI=1S/C14H28O2S/c1-7-11-8-13(15)9-12(11)10-16-17(5,6)14(2,3)4/h11-12H,7-10H2,1-6H3/t11-,12-/m1/s1. The summed E-state index contributed by atoms with van der Waals surface area (Å²) in [6, 6.07) is 0. The molecule has 1 aliphatic rings. The summed E-state index contributed by atoms with van der Waals surface area (Å²) in [5.74, 6) is 1.44. The zero-order chi connectivity index (χ0) is 13.3. The molecule has 1 rings (SSSR count). The van der Waals surface area contributed by atoms with Gasteiger partial charge in [0.2, 0.25) is 0 Å². The molecule has 1 aliphatic carbocycles. The monoisotopic (exact) mass is 260 g/mol. The van der Waals surface area contributed by atoms with Gasteiger partial charge in [-0.2, -0.15) is 0 Å². The van der Waals surface area contributed by atoms with Gasteiger partial charge >= 0.3 is 0 Å². The third-order valence-corrected chi connectivity index (χ3v) is 7.90. The van der Waals surface area contributed by atoms with E-state index in [9.17, 15) is 4.79 Å². The first-order valence-corrected chi connectivity index (χ1v) is 8.94. The summed E-state index contributed by atoms with van der Waals surface area (Å²) in [5, 5.41) is 0. The highest BCUT2D eigenvalue weighted by molar-refractivity contribution is 8.29. The summed E-state index contributed by atoms with van der Waals surface area (Å²) in [7, 11) is -1.05. The maximum Gasteiger partial charge on any atom is 0.133 e. The average molecular weight is 260 g/mol. The average Bonchev–Trinajstić information content (AvgIpc) is 2.54. The molecule has 0 unspecified atom stereocenters. The fourth-order valence-electron chi connectivity index (χ4n) is 2.11. The van der Waals surface area contributed by atoms with Crippen LogP contribution in [0.4, 0.5) is 0 Å². The van der Waals surface area contributed by atoms with Crippen LogP contribution in [0, 0.1) is 11.8 Å². The van der Waals surface area contributed by atoms with Crippen LogP contribution in [0.5, 0.6) is 0 Å². The van der Waals surface area contributed by atoms with Gasteiger partial charge in [0.05, 0.1) is 6.61 Å². The normalized spacial score (nSPS) is 27.5. The van der Waals surface area contributed by atoms with Crippen LogP contribution in [0.3, 0.4) is 0 Å². The van der Waals surface area contributed by atoms with E-state index >= 15 is 0 Å². The molecule has 0 N–H and O–H groups in total. The highest BCUT2D eigenvalue weighted by atomic mass is 32.3. The van der Waals surface area contributed by atoms with Gasteiger partial charge in [-0.05, 0) is 24.3 Å². The maximum atomic E-state index is 11.5. The summed E-state index contributed by atoms with van der Waals surface area (Å²) in [6.45, 7) is 9.65. The van der Waals surface area contributed by atoms with Gasteiger partial charge in [-0.25, -0.2) is 0 Å². The Morgan fingerprint density at radius 1 is 1.24 bits per heavy atom. The largest absolute Gasteiger partial charge is 0.336 e. The minimum atomic E-state index is -1.05. The molecule has 1 saturated carbocycles. The topological polar surface area (TPSA) is 26.3 Å². The van der Waals surface area contributed by atoms with E-state index in [1.807, 2.05) is 0 Å². The molecule has 0 spiro atoms. The molecule has 0 aromatic rings. The summed E-state index contributed by atoms with van der Waals surface area (Å²) in [6.07, 6.45) is 7.06. The van der Waals surface area contributed by atoms with Gasteiger partial charge in [-0.15, -0.1) is 10.3 Å². The second kappa shape index (κ2) is 5.31. The van der Waals surface area contributed by atoms with Crippen LogP contribution in [-0.2, 0) is 8.98 Å². The number of hydrogen-bond donors (Lipinski definition) is 0. The molecular formula is C14H28O2S. The van der Waals surface area contributed by atoms with Crippen LogP contribution >= 0.6 is 10.3 Å². The molecule has 102 valence electrons. The number of ketones is 1. The minimum absolute atomic E-state index is 0.206. The van der Waals surface area contributed by atoms with Crippen LogP contribution in [0.2, 0.25) is 0 Å². The maximum absolute atomic E-state index is 11.5. The zero-order valence-corrected chi connectivity index (χ0v) is 13.0. The van der Waals surface area contributed by atoms with Crippen LogP contribution < -0.4 is 0 Å². The van der Waals surface area contributed by atoms with Crippen LogP contribution in [0.1, 0.15) is 47.0 Å². The molecule has 0 aliphatic heterocycles. The van der Waals surface area contributed by atoms with Crippen molar-refractivity contribution >= 4 is 16.1 Å². The fraction of sp³-hybridized carbons (Fsp3) is 0.929. The lowest BCUT2D eigenvalue weighted by atomic mass is 9.95. The van der Waals surface area contributed by atoms with E-state index < -0.39 is 10.3 Å². The molecule has 0 heterocycles. The Labute approximate surface area is 108 Å².